The molecule has 0 aliphatic heterocycles. The summed E-state index contributed by atoms with van der Waals surface area (Å²) in [6.07, 6.45) is -3.83. The molecule has 7 nitrogen and oxygen atoms in total. The molecule has 1 aliphatic rings. The Morgan fingerprint density at radius 3 is 2.36 bits per heavy atom. The number of nitrogens with zero attached hydrogens (tertiary/aromatic N) is 3. The number of benzene rings is 1. The van der Waals surface area contributed by atoms with E-state index in [-0.39, 0.29) is 71.5 Å². The van der Waals surface area contributed by atoms with Crippen LogP contribution >= 0.6 is 23.2 Å². The lowest BCUT2D eigenvalue weighted by atomic mass is 9.85. The third-order valence-electron chi connectivity index (χ3n) is 6.10. The molecule has 4 rings (SSSR count). The molecule has 0 unspecified atom stereocenters. The first-order chi connectivity index (χ1) is 17.0. The number of imidazole rings is 1. The molecule has 2 heterocycles. The zero-order valence-electron chi connectivity index (χ0n) is 19.3. The number of pyridine rings is 1. The Morgan fingerprint density at radius 1 is 1.14 bits per heavy atom. The first-order valence-electron chi connectivity index (χ1n) is 11.3. The van der Waals surface area contributed by atoms with E-state index < -0.39 is 23.8 Å². The first kappa shape index (κ1) is 26.3. The van der Waals surface area contributed by atoms with E-state index >= 15 is 0 Å². The number of alkyl halides is 3. The van der Waals surface area contributed by atoms with Crippen molar-refractivity contribution in [1.29, 1.82) is 0 Å². The molecule has 1 saturated carbocycles. The van der Waals surface area contributed by atoms with Gasteiger partial charge in [0.05, 0.1) is 28.3 Å². The quantitative estimate of drug-likeness (QED) is 0.348. The van der Waals surface area contributed by atoms with Gasteiger partial charge in [0.15, 0.2) is 5.65 Å². The number of hydrogen-bond donors (Lipinski definition) is 2. The lowest BCUT2D eigenvalue weighted by Crippen LogP contribution is -2.40. The standard InChI is InChI=1S/C23H23Cl2F4N5O2/c1-3-36-21-14(20(35)30-13-6-4-11(5-7-13)23(27,28)29)10-17-19(33-21)34(2)22(31-17)32-18-15(24)8-12(26)9-16(18)25/h8-11,13H,3-7H2,1-2H3,(H,30,35)(H,31,32). The van der Waals surface area contributed by atoms with E-state index in [0.717, 1.165) is 12.1 Å². The Balaban J connectivity index is 1.60. The van der Waals surface area contributed by atoms with E-state index in [1.54, 1.807) is 18.5 Å². The van der Waals surface area contributed by atoms with Crippen molar-refractivity contribution in [3.8, 4) is 5.88 Å². The van der Waals surface area contributed by atoms with Crippen molar-refractivity contribution < 1.29 is 27.1 Å². The fourth-order valence-electron chi connectivity index (χ4n) is 4.22. The fraction of sp³-hybridized carbons (Fsp3) is 0.435. The SMILES string of the molecule is CCOc1nc2c(cc1C(=O)NC1CCC(C(F)(F)F)CC1)nc(Nc1c(Cl)cc(F)cc1Cl)n2C. The van der Waals surface area contributed by atoms with Gasteiger partial charge in [0.25, 0.3) is 5.91 Å². The Bertz CT molecular complexity index is 1270. The lowest BCUT2D eigenvalue weighted by Gasteiger charge is -2.30. The van der Waals surface area contributed by atoms with E-state index in [1.165, 1.54) is 6.07 Å². The average Bonchev–Trinajstić information content (AvgIpc) is 3.10. The van der Waals surface area contributed by atoms with Crippen LogP contribution in [0, 0.1) is 11.7 Å². The normalized spacial score (nSPS) is 18.3. The number of aryl methyl sites for hydroxylation is 1. The molecule has 3 aromatic rings. The van der Waals surface area contributed by atoms with Crippen LogP contribution in [0.1, 0.15) is 43.0 Å². The van der Waals surface area contributed by atoms with Gasteiger partial charge in [-0.05, 0) is 50.8 Å². The number of fused-ring (bicyclic) bond motifs is 1. The molecule has 0 saturated heterocycles. The second-order valence-corrected chi connectivity index (χ2v) is 9.36. The number of hydrogen-bond acceptors (Lipinski definition) is 5. The minimum atomic E-state index is -4.22. The van der Waals surface area contributed by atoms with Crippen LogP contribution in [0.2, 0.25) is 10.0 Å². The van der Waals surface area contributed by atoms with Crippen LogP contribution in [-0.4, -0.2) is 39.3 Å². The minimum absolute atomic E-state index is 0.0339. The van der Waals surface area contributed by atoms with Gasteiger partial charge in [0.1, 0.15) is 16.9 Å². The highest BCUT2D eigenvalue weighted by molar-refractivity contribution is 6.39. The third-order valence-corrected chi connectivity index (χ3v) is 6.70. The van der Waals surface area contributed by atoms with Crippen molar-refractivity contribution in [3.05, 3.63) is 39.6 Å². The van der Waals surface area contributed by atoms with Gasteiger partial charge in [-0.15, -0.1) is 0 Å². The molecule has 2 aromatic heterocycles. The number of halogens is 6. The van der Waals surface area contributed by atoms with E-state index in [9.17, 15) is 22.4 Å². The molecule has 194 valence electrons. The van der Waals surface area contributed by atoms with Crippen molar-refractivity contribution in [1.82, 2.24) is 19.9 Å². The van der Waals surface area contributed by atoms with Crippen LogP contribution in [0.15, 0.2) is 18.2 Å². The van der Waals surface area contributed by atoms with Crippen molar-refractivity contribution in [2.45, 2.75) is 44.8 Å². The van der Waals surface area contributed by atoms with Crippen LogP contribution in [0.3, 0.4) is 0 Å². The number of nitrogens with one attached hydrogen (secondary N) is 2. The molecule has 1 aliphatic carbocycles. The monoisotopic (exact) mass is 547 g/mol. The largest absolute Gasteiger partial charge is 0.477 e. The van der Waals surface area contributed by atoms with E-state index in [1.807, 2.05) is 0 Å². The van der Waals surface area contributed by atoms with Crippen molar-refractivity contribution in [3.63, 3.8) is 0 Å². The van der Waals surface area contributed by atoms with Crippen molar-refractivity contribution >= 4 is 51.9 Å². The van der Waals surface area contributed by atoms with Crippen LogP contribution in [0.5, 0.6) is 5.88 Å². The van der Waals surface area contributed by atoms with Gasteiger partial charge in [-0.3, -0.25) is 9.36 Å². The van der Waals surface area contributed by atoms with Crippen LogP contribution < -0.4 is 15.4 Å². The molecule has 0 atom stereocenters. The molecule has 1 fully saturated rings. The Hall–Kier alpha value is -2.79. The Morgan fingerprint density at radius 2 is 1.78 bits per heavy atom. The van der Waals surface area contributed by atoms with E-state index in [0.29, 0.717) is 11.2 Å². The Kier molecular flexibility index (Phi) is 7.51. The second kappa shape index (κ2) is 10.3. The maximum absolute atomic E-state index is 13.5. The van der Waals surface area contributed by atoms with E-state index in [4.69, 9.17) is 27.9 Å². The molecule has 0 spiro atoms. The van der Waals surface area contributed by atoms with Gasteiger partial charge >= 0.3 is 6.18 Å². The molecular weight excluding hydrogens is 525 g/mol. The summed E-state index contributed by atoms with van der Waals surface area (Å²) in [4.78, 5) is 22.0. The van der Waals surface area contributed by atoms with Gasteiger partial charge in [0.2, 0.25) is 11.8 Å². The highest BCUT2D eigenvalue weighted by atomic mass is 35.5. The predicted octanol–water partition coefficient (Wildman–Crippen LogP) is 6.41. The molecule has 2 N–H and O–H groups in total. The van der Waals surface area contributed by atoms with Crippen LogP contribution in [-0.2, 0) is 7.05 Å². The first-order valence-corrected chi connectivity index (χ1v) is 12.0. The number of carbonyl (C=O) groups excluding carboxylic acids is 1. The van der Waals surface area contributed by atoms with E-state index in [2.05, 4.69) is 20.6 Å². The Labute approximate surface area is 214 Å². The van der Waals surface area contributed by atoms with Crippen LogP contribution in [0.25, 0.3) is 11.2 Å². The highest BCUT2D eigenvalue weighted by Gasteiger charge is 2.41. The van der Waals surface area contributed by atoms with Gasteiger partial charge < -0.3 is 15.4 Å². The molecule has 13 heteroatoms. The third kappa shape index (κ3) is 5.46. The summed E-state index contributed by atoms with van der Waals surface area (Å²) in [7, 11) is 1.67. The van der Waals surface area contributed by atoms with Crippen molar-refractivity contribution in [2.75, 3.05) is 11.9 Å². The summed E-state index contributed by atoms with van der Waals surface area (Å²) in [5.74, 6) is -2.10. The second-order valence-electron chi connectivity index (χ2n) is 8.54. The average molecular weight is 548 g/mol. The molecule has 0 bridgehead atoms. The van der Waals surface area contributed by atoms with Gasteiger partial charge in [0, 0.05) is 13.1 Å². The molecule has 36 heavy (non-hydrogen) atoms. The summed E-state index contributed by atoms with van der Waals surface area (Å²) in [5, 5.41) is 5.86. The summed E-state index contributed by atoms with van der Waals surface area (Å²) in [5.41, 5.74) is 1.10. The zero-order valence-corrected chi connectivity index (χ0v) is 20.9. The summed E-state index contributed by atoms with van der Waals surface area (Å²) < 4.78 is 59.6. The van der Waals surface area contributed by atoms with Gasteiger partial charge in [-0.1, -0.05) is 23.2 Å². The highest BCUT2D eigenvalue weighted by Crippen LogP contribution is 2.38. The molecule has 0 radical (unpaired) electrons. The molecular formula is C23H23Cl2F4N5O2. The minimum Gasteiger partial charge on any atom is -0.477 e. The lowest BCUT2D eigenvalue weighted by molar-refractivity contribution is -0.182. The summed E-state index contributed by atoms with van der Waals surface area (Å²) in [6.45, 7) is 1.97. The predicted molar refractivity (Wildman–Crippen MR) is 129 cm³/mol. The number of rotatable bonds is 6. The number of carbonyl (C=O) groups is 1. The number of amides is 1. The summed E-state index contributed by atoms with van der Waals surface area (Å²) in [6, 6.07) is 3.33. The smallest absolute Gasteiger partial charge is 0.391 e. The number of anilines is 2. The maximum atomic E-state index is 13.5. The maximum Gasteiger partial charge on any atom is 0.391 e. The van der Waals surface area contributed by atoms with Gasteiger partial charge in [-0.25, -0.2) is 9.37 Å². The van der Waals surface area contributed by atoms with Crippen LogP contribution in [0.4, 0.5) is 29.2 Å². The summed E-state index contributed by atoms with van der Waals surface area (Å²) >= 11 is 12.2. The van der Waals surface area contributed by atoms with Crippen molar-refractivity contribution in [2.24, 2.45) is 13.0 Å². The molecule has 1 amide bonds. The topological polar surface area (TPSA) is 81.1 Å². The number of aromatic nitrogens is 3. The fourth-order valence-corrected chi connectivity index (χ4v) is 4.77. The zero-order chi connectivity index (χ0) is 26.2. The number of ether oxygens (including phenoxy) is 1. The molecule has 1 aromatic carbocycles. The van der Waals surface area contributed by atoms with Gasteiger partial charge in [-0.2, -0.15) is 18.2 Å².